The van der Waals surface area contributed by atoms with E-state index in [0.717, 1.165) is 0 Å². The van der Waals surface area contributed by atoms with Gasteiger partial charge in [-0.25, -0.2) is 4.39 Å². The Morgan fingerprint density at radius 1 is 1.24 bits per heavy atom. The average molecular weight is 400 g/mol. The highest BCUT2D eigenvalue weighted by atomic mass is 19.1. The number of hydrogen-bond donors (Lipinski definition) is 3. The molecular weight excluding hydrogens is 379 g/mol. The van der Waals surface area contributed by atoms with E-state index in [4.69, 9.17) is 15.2 Å². The van der Waals surface area contributed by atoms with Crippen LogP contribution in [0.5, 0.6) is 17.2 Å². The lowest BCUT2D eigenvalue weighted by molar-refractivity contribution is 0.0952. The third-order valence-electron chi connectivity index (χ3n) is 4.07. The van der Waals surface area contributed by atoms with Gasteiger partial charge in [0, 0.05) is 31.1 Å². The summed E-state index contributed by atoms with van der Waals surface area (Å²) in [5.74, 6) is 0.829. The number of aromatic amines is 1. The van der Waals surface area contributed by atoms with Crippen molar-refractivity contribution in [2.45, 2.75) is 19.4 Å². The molecule has 3 aromatic rings. The first-order valence-electron chi connectivity index (χ1n) is 8.95. The molecule has 0 saturated heterocycles. The number of hydrogen-bond acceptors (Lipinski definition) is 7. The van der Waals surface area contributed by atoms with Crippen LogP contribution < -0.4 is 20.5 Å². The topological polar surface area (TPSA) is 128 Å². The van der Waals surface area contributed by atoms with Crippen LogP contribution in [0.25, 0.3) is 0 Å². The van der Waals surface area contributed by atoms with E-state index in [9.17, 15) is 9.18 Å². The summed E-state index contributed by atoms with van der Waals surface area (Å²) in [7, 11) is 1.48. The zero-order chi connectivity index (χ0) is 20.6. The molecule has 0 spiro atoms. The fraction of sp³-hybridized carbons (Fsp3) is 0.263. The summed E-state index contributed by atoms with van der Waals surface area (Å²) in [6, 6.07) is 8.99. The van der Waals surface area contributed by atoms with Gasteiger partial charge in [-0.3, -0.25) is 4.79 Å². The van der Waals surface area contributed by atoms with Gasteiger partial charge in [-0.05, 0) is 42.3 Å². The molecule has 1 amide bonds. The normalized spacial score (nSPS) is 10.6. The zero-order valence-corrected chi connectivity index (χ0v) is 15.8. The predicted molar refractivity (Wildman–Crippen MR) is 102 cm³/mol. The Balaban J connectivity index is 1.67. The minimum Gasteiger partial charge on any atom is -0.493 e. The van der Waals surface area contributed by atoms with Gasteiger partial charge in [0.05, 0.1) is 7.11 Å². The van der Waals surface area contributed by atoms with Crippen LogP contribution in [0.15, 0.2) is 36.4 Å². The number of tetrazole rings is 1. The van der Waals surface area contributed by atoms with Crippen LogP contribution >= 0.6 is 0 Å². The Morgan fingerprint density at radius 2 is 2.10 bits per heavy atom. The molecule has 2 aromatic carbocycles. The second kappa shape index (κ2) is 9.60. The van der Waals surface area contributed by atoms with Crippen molar-refractivity contribution in [2.75, 3.05) is 13.7 Å². The van der Waals surface area contributed by atoms with Crippen molar-refractivity contribution >= 4 is 5.91 Å². The third kappa shape index (κ3) is 5.48. The maximum absolute atomic E-state index is 13.7. The van der Waals surface area contributed by atoms with Crippen molar-refractivity contribution < 1.29 is 18.7 Å². The Hall–Kier alpha value is -3.53. The number of benzene rings is 2. The molecule has 1 aromatic heterocycles. The van der Waals surface area contributed by atoms with Gasteiger partial charge in [-0.15, -0.1) is 10.2 Å². The summed E-state index contributed by atoms with van der Waals surface area (Å²) >= 11 is 0. The zero-order valence-electron chi connectivity index (χ0n) is 15.8. The maximum atomic E-state index is 13.7. The van der Waals surface area contributed by atoms with Gasteiger partial charge in [0.2, 0.25) is 0 Å². The highest BCUT2D eigenvalue weighted by Crippen LogP contribution is 2.33. The Morgan fingerprint density at radius 3 is 2.83 bits per heavy atom. The molecule has 0 aliphatic carbocycles. The summed E-state index contributed by atoms with van der Waals surface area (Å²) in [5.41, 5.74) is 6.55. The van der Waals surface area contributed by atoms with E-state index in [2.05, 4.69) is 25.9 Å². The molecule has 3 rings (SSSR count). The number of nitrogens with zero attached hydrogens (tertiary/aromatic N) is 3. The number of methoxy groups -OCH3 is 1. The second-order valence-electron chi connectivity index (χ2n) is 6.15. The van der Waals surface area contributed by atoms with E-state index >= 15 is 0 Å². The SMILES string of the molecule is COc1ccc(C(=O)NCCCc2nn[nH]n2)cc1Oc1cc(F)cc(CN)c1. The molecule has 0 unspecified atom stereocenters. The first-order valence-corrected chi connectivity index (χ1v) is 8.95. The minimum atomic E-state index is -0.461. The van der Waals surface area contributed by atoms with Crippen LogP contribution in [0.1, 0.15) is 28.2 Å². The van der Waals surface area contributed by atoms with Crippen molar-refractivity contribution in [3.63, 3.8) is 0 Å². The largest absolute Gasteiger partial charge is 0.493 e. The molecule has 0 aliphatic rings. The van der Waals surface area contributed by atoms with Crippen LogP contribution in [0.2, 0.25) is 0 Å². The molecular formula is C19H21FN6O3. The number of amides is 1. The lowest BCUT2D eigenvalue weighted by atomic mass is 10.1. The smallest absolute Gasteiger partial charge is 0.251 e. The first-order chi connectivity index (χ1) is 14.1. The molecule has 0 saturated carbocycles. The molecule has 0 aliphatic heterocycles. The summed E-state index contributed by atoms with van der Waals surface area (Å²) in [6.45, 7) is 0.622. The van der Waals surface area contributed by atoms with Crippen molar-refractivity contribution in [1.29, 1.82) is 0 Å². The molecule has 0 atom stereocenters. The van der Waals surface area contributed by atoms with E-state index in [0.29, 0.717) is 47.8 Å². The fourth-order valence-corrected chi connectivity index (χ4v) is 2.66. The highest BCUT2D eigenvalue weighted by molar-refractivity contribution is 5.94. The Bertz CT molecular complexity index is 965. The monoisotopic (exact) mass is 400 g/mol. The molecule has 29 heavy (non-hydrogen) atoms. The standard InChI is InChI=1S/C19H21FN6O3/c1-28-16-5-4-13(19(27)22-6-2-3-18-23-25-26-24-18)9-17(16)29-15-8-12(11-21)7-14(20)10-15/h4-5,7-10H,2-3,6,11,21H2,1H3,(H,22,27)(H,23,24,25,26). The van der Waals surface area contributed by atoms with Crippen LogP contribution in [0, 0.1) is 5.82 Å². The summed E-state index contributed by atoms with van der Waals surface area (Å²) in [4.78, 5) is 12.4. The van der Waals surface area contributed by atoms with Crippen LogP contribution in [-0.4, -0.2) is 40.2 Å². The summed E-state index contributed by atoms with van der Waals surface area (Å²) in [5, 5.41) is 16.4. The number of ether oxygens (including phenoxy) is 2. The summed E-state index contributed by atoms with van der Waals surface area (Å²) < 4.78 is 24.8. The number of rotatable bonds is 9. The number of carbonyl (C=O) groups is 1. The van der Waals surface area contributed by atoms with Crippen LogP contribution in [0.4, 0.5) is 4.39 Å². The highest BCUT2D eigenvalue weighted by Gasteiger charge is 2.13. The maximum Gasteiger partial charge on any atom is 0.251 e. The van der Waals surface area contributed by atoms with Gasteiger partial charge in [0.15, 0.2) is 17.3 Å². The fourth-order valence-electron chi connectivity index (χ4n) is 2.66. The van der Waals surface area contributed by atoms with E-state index < -0.39 is 5.82 Å². The molecule has 152 valence electrons. The molecule has 4 N–H and O–H groups in total. The van der Waals surface area contributed by atoms with Gasteiger partial charge in [-0.2, -0.15) is 5.21 Å². The molecule has 0 radical (unpaired) electrons. The van der Waals surface area contributed by atoms with Crippen LogP contribution in [-0.2, 0) is 13.0 Å². The molecule has 9 nitrogen and oxygen atoms in total. The van der Waals surface area contributed by atoms with E-state index in [1.165, 1.54) is 19.2 Å². The first kappa shape index (κ1) is 20.2. The van der Waals surface area contributed by atoms with E-state index in [-0.39, 0.29) is 18.2 Å². The minimum absolute atomic E-state index is 0.178. The number of aryl methyl sites for hydroxylation is 1. The van der Waals surface area contributed by atoms with Crippen molar-refractivity contribution in [3.8, 4) is 17.2 Å². The van der Waals surface area contributed by atoms with Gasteiger partial charge in [-0.1, -0.05) is 5.21 Å². The van der Waals surface area contributed by atoms with Crippen molar-refractivity contribution in [1.82, 2.24) is 25.9 Å². The number of carbonyl (C=O) groups excluding carboxylic acids is 1. The average Bonchev–Trinajstić information content (AvgIpc) is 3.24. The van der Waals surface area contributed by atoms with E-state index in [1.807, 2.05) is 0 Å². The quantitative estimate of drug-likeness (QED) is 0.468. The molecule has 10 heteroatoms. The number of aromatic nitrogens is 4. The van der Waals surface area contributed by atoms with Crippen LogP contribution in [0.3, 0.4) is 0 Å². The lowest BCUT2D eigenvalue weighted by Crippen LogP contribution is -2.24. The van der Waals surface area contributed by atoms with Crippen molar-refractivity contribution in [2.24, 2.45) is 5.73 Å². The number of H-pyrrole nitrogens is 1. The van der Waals surface area contributed by atoms with E-state index in [1.54, 1.807) is 24.3 Å². The molecule has 0 fully saturated rings. The van der Waals surface area contributed by atoms with Gasteiger partial charge in [0.1, 0.15) is 11.6 Å². The second-order valence-corrected chi connectivity index (χ2v) is 6.15. The Labute approximate surface area is 166 Å². The number of nitrogens with two attached hydrogens (primary N) is 1. The Kier molecular flexibility index (Phi) is 6.69. The van der Waals surface area contributed by atoms with Gasteiger partial charge >= 0.3 is 0 Å². The lowest BCUT2D eigenvalue weighted by Gasteiger charge is -2.13. The number of nitrogens with one attached hydrogen (secondary N) is 2. The predicted octanol–water partition coefficient (Wildman–Crippen LogP) is 1.96. The van der Waals surface area contributed by atoms with Gasteiger partial charge in [0.25, 0.3) is 5.91 Å². The summed E-state index contributed by atoms with van der Waals surface area (Å²) in [6.07, 6.45) is 1.26. The number of halogens is 1. The van der Waals surface area contributed by atoms with Crippen molar-refractivity contribution in [3.05, 3.63) is 59.2 Å². The van der Waals surface area contributed by atoms with Gasteiger partial charge < -0.3 is 20.5 Å². The molecule has 0 bridgehead atoms. The molecule has 1 heterocycles. The third-order valence-corrected chi connectivity index (χ3v) is 4.07.